The van der Waals surface area contributed by atoms with Gasteiger partial charge in [0, 0.05) is 49.1 Å². The maximum atomic E-state index is 16.9. The molecule has 1 saturated carbocycles. The first kappa shape index (κ1) is 30.7. The predicted molar refractivity (Wildman–Crippen MR) is 180 cm³/mol. The van der Waals surface area contributed by atoms with Crippen LogP contribution in [-0.2, 0) is 4.79 Å². The van der Waals surface area contributed by atoms with E-state index < -0.39 is 5.82 Å². The molecule has 0 spiro atoms. The highest BCUT2D eigenvalue weighted by atomic mass is 35.5. The van der Waals surface area contributed by atoms with Gasteiger partial charge in [-0.3, -0.25) is 4.79 Å². The fraction of sp³-hybridized carbons (Fsp3) is 0.417. The van der Waals surface area contributed by atoms with Crippen molar-refractivity contribution < 1.29 is 19.0 Å². The Hall–Kier alpha value is -3.95. The number of hydrogen-bond acceptors (Lipinski definition) is 7. The van der Waals surface area contributed by atoms with Crippen LogP contribution in [0.25, 0.3) is 32.8 Å². The molecule has 3 heterocycles. The van der Waals surface area contributed by atoms with E-state index in [0.29, 0.717) is 62.4 Å². The second kappa shape index (κ2) is 12.7. The number of phenolic OH excluding ortho intramolecular Hbond substituents is 1. The summed E-state index contributed by atoms with van der Waals surface area (Å²) in [5.74, 6) is -0.0600. The van der Waals surface area contributed by atoms with Gasteiger partial charge in [0.25, 0.3) is 0 Å². The molecule has 2 saturated heterocycles. The molecular weight excluding hydrogens is 605 g/mol. The van der Waals surface area contributed by atoms with E-state index in [1.54, 1.807) is 18.2 Å². The Kier molecular flexibility index (Phi) is 8.46. The van der Waals surface area contributed by atoms with Gasteiger partial charge in [-0.25, -0.2) is 4.39 Å². The summed E-state index contributed by atoms with van der Waals surface area (Å²) in [5.41, 5.74) is 0.871. The lowest BCUT2D eigenvalue weighted by molar-refractivity contribution is -0.126. The molecule has 1 amide bonds. The monoisotopic (exact) mass is 643 g/mol. The number of hydrogen-bond donors (Lipinski definition) is 1. The summed E-state index contributed by atoms with van der Waals surface area (Å²) in [4.78, 5) is 28.3. The first-order valence-electron chi connectivity index (χ1n) is 16.3. The highest BCUT2D eigenvalue weighted by molar-refractivity contribution is 6.35. The molecule has 3 aromatic carbocycles. The summed E-state index contributed by atoms with van der Waals surface area (Å²) < 4.78 is 23.2. The number of amides is 1. The van der Waals surface area contributed by atoms with Gasteiger partial charge in [-0.15, -0.1) is 0 Å². The summed E-state index contributed by atoms with van der Waals surface area (Å²) >= 11 is 6.90. The number of aromatic nitrogens is 2. The molecule has 4 aromatic rings. The second-order valence-corrected chi connectivity index (χ2v) is 13.4. The van der Waals surface area contributed by atoms with E-state index in [0.717, 1.165) is 43.2 Å². The molecule has 3 fully saturated rings. The van der Waals surface area contributed by atoms with Gasteiger partial charge in [0.2, 0.25) is 5.91 Å². The molecule has 0 atom stereocenters. The molecule has 0 bridgehead atoms. The van der Waals surface area contributed by atoms with Gasteiger partial charge < -0.3 is 24.5 Å². The van der Waals surface area contributed by atoms with Gasteiger partial charge >= 0.3 is 6.01 Å². The number of ether oxygens (including phenoxy) is 1. The quantitative estimate of drug-likeness (QED) is 0.211. The minimum Gasteiger partial charge on any atom is -0.508 e. The maximum absolute atomic E-state index is 16.9. The van der Waals surface area contributed by atoms with Gasteiger partial charge in [0.05, 0.1) is 11.6 Å². The number of anilines is 1. The van der Waals surface area contributed by atoms with E-state index in [4.69, 9.17) is 21.3 Å². The van der Waals surface area contributed by atoms with Crippen molar-refractivity contribution in [2.75, 3.05) is 57.3 Å². The zero-order valence-corrected chi connectivity index (χ0v) is 26.7. The van der Waals surface area contributed by atoms with Crippen molar-refractivity contribution in [3.8, 4) is 22.9 Å². The fourth-order valence-corrected chi connectivity index (χ4v) is 7.36. The average molecular weight is 644 g/mol. The van der Waals surface area contributed by atoms with Crippen LogP contribution in [-0.4, -0.2) is 83.2 Å². The molecule has 1 aromatic heterocycles. The predicted octanol–water partition coefficient (Wildman–Crippen LogP) is 6.82. The molecule has 0 radical (unpaired) electrons. The number of phenols is 1. The van der Waals surface area contributed by atoms with Crippen LogP contribution in [0.1, 0.15) is 38.5 Å². The number of benzene rings is 3. The Labute approximate surface area is 273 Å². The van der Waals surface area contributed by atoms with Crippen molar-refractivity contribution in [1.82, 2.24) is 19.8 Å². The number of carbonyl (C=O) groups excluding carboxylic acids is 1. The van der Waals surface area contributed by atoms with Crippen molar-refractivity contribution in [2.24, 2.45) is 5.41 Å². The SMILES string of the molecule is C=CC(=O)N1CCCN(c2nc(OCC3(CN4CCCC4)CC3)nc3c(F)c(-c4cc(O)cc5ccccc45)c(Cl)cc23)CCC1. The van der Waals surface area contributed by atoms with E-state index >= 15 is 4.39 Å². The van der Waals surface area contributed by atoms with Crippen molar-refractivity contribution in [2.45, 2.75) is 38.5 Å². The lowest BCUT2D eigenvalue weighted by Gasteiger charge is -2.31. The van der Waals surface area contributed by atoms with E-state index in [1.165, 1.54) is 18.9 Å². The molecule has 3 aliphatic rings. The highest BCUT2D eigenvalue weighted by Crippen LogP contribution is 2.47. The third-order valence-electron chi connectivity index (χ3n) is 9.68. The lowest BCUT2D eigenvalue weighted by Crippen LogP contribution is -2.39. The van der Waals surface area contributed by atoms with Gasteiger partial charge in [0.1, 0.15) is 17.1 Å². The number of rotatable bonds is 8. The molecule has 46 heavy (non-hydrogen) atoms. The number of likely N-dealkylation sites (tertiary alicyclic amines) is 1. The zero-order chi connectivity index (χ0) is 31.8. The summed E-state index contributed by atoms with van der Waals surface area (Å²) in [6.45, 7) is 9.78. The Morgan fingerprint density at radius 2 is 1.74 bits per heavy atom. The van der Waals surface area contributed by atoms with Gasteiger partial charge in [0.15, 0.2) is 5.82 Å². The van der Waals surface area contributed by atoms with Crippen molar-refractivity contribution in [3.63, 3.8) is 0 Å². The second-order valence-electron chi connectivity index (χ2n) is 13.0. The van der Waals surface area contributed by atoms with Crippen molar-refractivity contribution >= 4 is 45.0 Å². The van der Waals surface area contributed by atoms with Gasteiger partial charge in [-0.05, 0) is 92.2 Å². The number of nitrogens with zero attached hydrogens (tertiary/aromatic N) is 5. The molecule has 7 rings (SSSR count). The maximum Gasteiger partial charge on any atom is 0.319 e. The van der Waals surface area contributed by atoms with Crippen LogP contribution >= 0.6 is 11.6 Å². The number of fused-ring (bicyclic) bond motifs is 2. The van der Waals surface area contributed by atoms with Crippen LogP contribution in [0.2, 0.25) is 5.02 Å². The zero-order valence-electron chi connectivity index (χ0n) is 26.0. The summed E-state index contributed by atoms with van der Waals surface area (Å²) in [5, 5.41) is 12.8. The van der Waals surface area contributed by atoms with Crippen LogP contribution < -0.4 is 9.64 Å². The molecule has 1 aliphatic carbocycles. The van der Waals surface area contributed by atoms with E-state index in [1.807, 2.05) is 29.2 Å². The summed E-state index contributed by atoms with van der Waals surface area (Å²) in [6.07, 6.45) is 7.44. The largest absolute Gasteiger partial charge is 0.508 e. The molecule has 2 aliphatic heterocycles. The number of carbonyl (C=O) groups is 1. The van der Waals surface area contributed by atoms with Crippen LogP contribution in [0.5, 0.6) is 11.8 Å². The Bertz CT molecular complexity index is 1800. The van der Waals surface area contributed by atoms with Crippen molar-refractivity contribution in [1.29, 1.82) is 0 Å². The first-order chi connectivity index (χ1) is 22.3. The summed E-state index contributed by atoms with van der Waals surface area (Å²) in [6, 6.07) is 12.6. The highest BCUT2D eigenvalue weighted by Gasteiger charge is 2.45. The smallest absolute Gasteiger partial charge is 0.319 e. The van der Waals surface area contributed by atoms with Gasteiger partial charge in [-0.1, -0.05) is 42.4 Å². The van der Waals surface area contributed by atoms with Crippen LogP contribution in [0.3, 0.4) is 0 Å². The Morgan fingerprint density at radius 3 is 2.46 bits per heavy atom. The normalized spacial score (nSPS) is 18.5. The van der Waals surface area contributed by atoms with E-state index in [9.17, 15) is 9.90 Å². The van der Waals surface area contributed by atoms with Crippen LogP contribution in [0, 0.1) is 11.2 Å². The number of aromatic hydroxyl groups is 1. The number of halogens is 2. The minimum atomic E-state index is -0.584. The third-order valence-corrected chi connectivity index (χ3v) is 9.98. The average Bonchev–Trinajstić information content (AvgIpc) is 3.61. The molecule has 10 heteroatoms. The fourth-order valence-electron chi connectivity index (χ4n) is 7.06. The lowest BCUT2D eigenvalue weighted by atomic mass is 9.96. The van der Waals surface area contributed by atoms with Gasteiger partial charge in [-0.2, -0.15) is 9.97 Å². The molecule has 240 valence electrons. The van der Waals surface area contributed by atoms with Crippen LogP contribution in [0.15, 0.2) is 55.1 Å². The first-order valence-corrected chi connectivity index (χ1v) is 16.7. The minimum absolute atomic E-state index is 0.0222. The van der Waals surface area contributed by atoms with Crippen LogP contribution in [0.4, 0.5) is 10.2 Å². The van der Waals surface area contributed by atoms with E-state index in [-0.39, 0.29) is 39.2 Å². The Morgan fingerprint density at radius 1 is 1.00 bits per heavy atom. The molecule has 8 nitrogen and oxygen atoms in total. The van der Waals surface area contributed by atoms with E-state index in [2.05, 4.69) is 21.4 Å². The molecule has 1 N–H and O–H groups in total. The molecule has 0 unspecified atom stereocenters. The topological polar surface area (TPSA) is 82.0 Å². The third kappa shape index (κ3) is 6.10. The summed E-state index contributed by atoms with van der Waals surface area (Å²) in [7, 11) is 0. The Balaban J connectivity index is 1.29. The standard InChI is InChI=1S/C36H39ClFN5O3/c1-2-30(45)42-15-7-17-43(18-8-16-42)34-28-21-29(37)31(27-20-25(44)19-24-9-3-4-10-26(24)27)32(38)33(28)39-35(40-34)46-23-36(11-12-36)22-41-13-5-6-14-41/h2-4,9-10,19-21,44H,1,5-8,11-18,22-23H2. The van der Waals surface area contributed by atoms with Crippen molar-refractivity contribution in [3.05, 3.63) is 66.0 Å². The molecular formula is C36H39ClFN5O3.